The maximum absolute atomic E-state index is 9.85. The minimum atomic E-state index is -0.895. The molecule has 1 aromatic rings. The molecule has 5 nitrogen and oxygen atoms in total. The van der Waals surface area contributed by atoms with Crippen molar-refractivity contribution in [1.29, 1.82) is 0 Å². The van der Waals surface area contributed by atoms with E-state index >= 15 is 0 Å². The molecule has 0 aliphatic rings. The summed E-state index contributed by atoms with van der Waals surface area (Å²) >= 11 is 1.22. The quantitative estimate of drug-likeness (QED) is 0.574. The fourth-order valence-corrected chi connectivity index (χ4v) is 2.21. The van der Waals surface area contributed by atoms with Crippen molar-refractivity contribution in [2.45, 2.75) is 25.6 Å². The van der Waals surface area contributed by atoms with Crippen molar-refractivity contribution in [2.24, 2.45) is 0 Å². The Balaban J connectivity index is 2.66. The Morgan fingerprint density at radius 2 is 2.20 bits per heavy atom. The minimum Gasteiger partial charge on any atom is -0.390 e. The highest BCUT2D eigenvalue weighted by Crippen LogP contribution is 2.29. The molecule has 0 bridgehead atoms. The summed E-state index contributed by atoms with van der Waals surface area (Å²) in [5, 5.41) is 22.9. The van der Waals surface area contributed by atoms with Crippen molar-refractivity contribution in [3.05, 3.63) is 10.6 Å². The van der Waals surface area contributed by atoms with E-state index in [-0.39, 0.29) is 0 Å². The molecule has 6 heteroatoms. The van der Waals surface area contributed by atoms with Crippen LogP contribution in [0.4, 0.5) is 5.13 Å². The van der Waals surface area contributed by atoms with E-state index in [0.29, 0.717) is 28.7 Å². The lowest BCUT2D eigenvalue weighted by atomic mass is 10.1. The van der Waals surface area contributed by atoms with Crippen molar-refractivity contribution >= 4 is 16.5 Å². The standard InChI is InChI=1S/C9H17N3O2S/c1-5-8(15-9(10)12-5)7(14)6(13)3-4-11-2/h6-7,11,13-14H,3-4H2,1-2H3,(H2,10,12). The van der Waals surface area contributed by atoms with E-state index < -0.39 is 12.2 Å². The summed E-state index contributed by atoms with van der Waals surface area (Å²) in [6.07, 6.45) is -1.18. The van der Waals surface area contributed by atoms with Crippen LogP contribution >= 0.6 is 11.3 Å². The highest BCUT2D eigenvalue weighted by atomic mass is 32.1. The number of nitrogens with zero attached hydrogens (tertiary/aromatic N) is 1. The van der Waals surface area contributed by atoms with Gasteiger partial charge in [-0.15, -0.1) is 0 Å². The number of aromatic nitrogens is 1. The first-order valence-corrected chi connectivity index (χ1v) is 5.61. The van der Waals surface area contributed by atoms with Gasteiger partial charge in [0.15, 0.2) is 5.13 Å². The van der Waals surface area contributed by atoms with Crippen LogP contribution in [-0.4, -0.2) is 34.9 Å². The molecule has 2 atom stereocenters. The minimum absolute atomic E-state index is 0.419. The molecule has 86 valence electrons. The number of nitrogen functional groups attached to an aromatic ring is 1. The zero-order chi connectivity index (χ0) is 11.4. The number of aliphatic hydroxyl groups is 2. The molecule has 0 radical (unpaired) electrons. The molecule has 2 unspecified atom stereocenters. The van der Waals surface area contributed by atoms with Crippen LogP contribution in [0.3, 0.4) is 0 Å². The highest BCUT2D eigenvalue weighted by Gasteiger charge is 2.22. The summed E-state index contributed by atoms with van der Waals surface area (Å²) < 4.78 is 0. The number of aryl methyl sites for hydroxylation is 1. The van der Waals surface area contributed by atoms with Crippen LogP contribution in [0.1, 0.15) is 23.1 Å². The fourth-order valence-electron chi connectivity index (χ4n) is 1.33. The lowest BCUT2D eigenvalue weighted by Crippen LogP contribution is -2.23. The van der Waals surface area contributed by atoms with Gasteiger partial charge in [-0.25, -0.2) is 4.98 Å². The second-order valence-electron chi connectivity index (χ2n) is 3.41. The maximum atomic E-state index is 9.85. The smallest absolute Gasteiger partial charge is 0.180 e. The molecule has 1 heterocycles. The lowest BCUT2D eigenvalue weighted by Gasteiger charge is -2.16. The van der Waals surface area contributed by atoms with E-state index in [1.807, 2.05) is 0 Å². The van der Waals surface area contributed by atoms with Crippen LogP contribution < -0.4 is 11.1 Å². The molecule has 0 fully saturated rings. The number of thiazole rings is 1. The van der Waals surface area contributed by atoms with Gasteiger partial charge in [0, 0.05) is 0 Å². The maximum Gasteiger partial charge on any atom is 0.180 e. The zero-order valence-electron chi connectivity index (χ0n) is 8.90. The molecule has 0 saturated carbocycles. The zero-order valence-corrected chi connectivity index (χ0v) is 9.71. The van der Waals surface area contributed by atoms with Gasteiger partial charge < -0.3 is 21.3 Å². The van der Waals surface area contributed by atoms with E-state index in [0.717, 1.165) is 0 Å². The predicted molar refractivity (Wildman–Crippen MR) is 60.8 cm³/mol. The van der Waals surface area contributed by atoms with Gasteiger partial charge in [0.25, 0.3) is 0 Å². The van der Waals surface area contributed by atoms with Crippen LogP contribution in [0.15, 0.2) is 0 Å². The molecular weight excluding hydrogens is 214 g/mol. The van der Waals surface area contributed by atoms with Crippen molar-refractivity contribution in [3.63, 3.8) is 0 Å². The molecule has 0 aliphatic heterocycles. The van der Waals surface area contributed by atoms with Gasteiger partial charge in [-0.2, -0.15) is 0 Å². The van der Waals surface area contributed by atoms with Crippen molar-refractivity contribution < 1.29 is 10.2 Å². The Hall–Kier alpha value is -0.690. The molecule has 1 aromatic heterocycles. The summed E-state index contributed by atoms with van der Waals surface area (Å²) in [4.78, 5) is 4.65. The fraction of sp³-hybridized carbons (Fsp3) is 0.667. The van der Waals surface area contributed by atoms with Gasteiger partial charge in [0.1, 0.15) is 6.10 Å². The van der Waals surface area contributed by atoms with Gasteiger partial charge in [0.2, 0.25) is 0 Å². The van der Waals surface area contributed by atoms with Gasteiger partial charge in [0.05, 0.1) is 16.7 Å². The molecule has 0 amide bonds. The van der Waals surface area contributed by atoms with Crippen LogP contribution in [-0.2, 0) is 0 Å². The topological polar surface area (TPSA) is 91.4 Å². The number of nitrogens with two attached hydrogens (primary N) is 1. The Morgan fingerprint density at radius 1 is 1.53 bits per heavy atom. The summed E-state index contributed by atoms with van der Waals surface area (Å²) in [6.45, 7) is 2.43. The Kier molecular flexibility index (Phi) is 4.46. The Morgan fingerprint density at radius 3 is 2.67 bits per heavy atom. The monoisotopic (exact) mass is 231 g/mol. The number of rotatable bonds is 5. The first-order chi connectivity index (χ1) is 7.06. The van der Waals surface area contributed by atoms with Crippen LogP contribution in [0, 0.1) is 6.92 Å². The van der Waals surface area contributed by atoms with Crippen LogP contribution in [0.5, 0.6) is 0 Å². The van der Waals surface area contributed by atoms with E-state index in [4.69, 9.17) is 5.73 Å². The summed E-state index contributed by atoms with van der Waals surface area (Å²) in [6, 6.07) is 0. The van der Waals surface area contributed by atoms with Gasteiger partial charge in [-0.05, 0) is 26.9 Å². The number of hydrogen-bond donors (Lipinski definition) is 4. The van der Waals surface area contributed by atoms with E-state index in [9.17, 15) is 10.2 Å². The van der Waals surface area contributed by atoms with E-state index in [1.165, 1.54) is 11.3 Å². The number of anilines is 1. The third-order valence-electron chi connectivity index (χ3n) is 2.17. The first kappa shape index (κ1) is 12.4. The number of aliphatic hydroxyl groups excluding tert-OH is 2. The number of hydrogen-bond acceptors (Lipinski definition) is 6. The van der Waals surface area contributed by atoms with Gasteiger partial charge >= 0.3 is 0 Å². The molecule has 5 N–H and O–H groups in total. The second kappa shape index (κ2) is 5.41. The summed E-state index contributed by atoms with van der Waals surface area (Å²) in [7, 11) is 1.80. The third kappa shape index (κ3) is 3.13. The molecule has 15 heavy (non-hydrogen) atoms. The molecule has 0 spiro atoms. The average Bonchev–Trinajstić information content (AvgIpc) is 2.53. The van der Waals surface area contributed by atoms with Crippen molar-refractivity contribution in [3.8, 4) is 0 Å². The summed E-state index contributed by atoms with van der Waals surface area (Å²) in [5.41, 5.74) is 6.21. The highest BCUT2D eigenvalue weighted by molar-refractivity contribution is 7.15. The average molecular weight is 231 g/mol. The Bertz CT molecular complexity index is 316. The molecule has 0 saturated heterocycles. The van der Waals surface area contributed by atoms with Gasteiger partial charge in [-0.3, -0.25) is 0 Å². The Labute approximate surface area is 93.0 Å². The lowest BCUT2D eigenvalue weighted by molar-refractivity contribution is 0.0157. The normalized spacial score (nSPS) is 15.2. The molecular formula is C9H17N3O2S. The predicted octanol–water partition coefficient (Wildman–Crippen LogP) is 0.0375. The van der Waals surface area contributed by atoms with Crippen molar-refractivity contribution in [2.75, 3.05) is 19.3 Å². The molecule has 0 aliphatic carbocycles. The van der Waals surface area contributed by atoms with Gasteiger partial charge in [-0.1, -0.05) is 11.3 Å². The third-order valence-corrected chi connectivity index (χ3v) is 3.23. The van der Waals surface area contributed by atoms with E-state index in [2.05, 4.69) is 10.3 Å². The molecule has 1 rings (SSSR count). The second-order valence-corrected chi connectivity index (χ2v) is 4.47. The summed E-state index contributed by atoms with van der Waals surface area (Å²) in [5.74, 6) is 0. The first-order valence-electron chi connectivity index (χ1n) is 4.79. The largest absolute Gasteiger partial charge is 0.390 e. The van der Waals surface area contributed by atoms with Crippen LogP contribution in [0.2, 0.25) is 0 Å². The molecule has 0 aromatic carbocycles. The number of nitrogens with one attached hydrogen (secondary N) is 1. The van der Waals surface area contributed by atoms with Crippen LogP contribution in [0.25, 0.3) is 0 Å². The van der Waals surface area contributed by atoms with E-state index in [1.54, 1.807) is 14.0 Å². The SMILES string of the molecule is CNCCC(O)C(O)c1sc(N)nc1C. The van der Waals surface area contributed by atoms with Crippen molar-refractivity contribution in [1.82, 2.24) is 10.3 Å².